The number of aliphatic hydroxyl groups is 1. The first kappa shape index (κ1) is 30.9. The van der Waals surface area contributed by atoms with Crippen molar-refractivity contribution in [3.8, 4) is 22.1 Å². The number of rotatable bonds is 10. The molecule has 1 atom stereocenters. The van der Waals surface area contributed by atoms with E-state index in [-0.39, 0.29) is 45.9 Å². The number of aromatic nitrogens is 4. The molecule has 0 fully saturated rings. The summed E-state index contributed by atoms with van der Waals surface area (Å²) in [5.41, 5.74) is -1.49. The Bertz CT molecular complexity index is 1630. The molecule has 42 heavy (non-hydrogen) atoms. The second-order valence-corrected chi connectivity index (χ2v) is 10.4. The molecule has 0 saturated carbocycles. The van der Waals surface area contributed by atoms with Gasteiger partial charge in [0.2, 0.25) is 5.13 Å². The highest BCUT2D eigenvalue weighted by Gasteiger charge is 2.32. The number of benzene rings is 1. The van der Waals surface area contributed by atoms with Crippen LogP contribution in [0.15, 0.2) is 53.6 Å². The number of carbonyl (C=O) groups excluding carboxylic acids is 1. The third-order valence-corrected chi connectivity index (χ3v) is 6.88. The van der Waals surface area contributed by atoms with Crippen LogP contribution in [0.4, 0.5) is 18.3 Å². The van der Waals surface area contributed by atoms with Crippen LogP contribution in [0.3, 0.4) is 0 Å². The molecular formula is C26H24ClF3N6O5S. The highest BCUT2D eigenvalue weighted by molar-refractivity contribution is 7.17. The first-order valence-electron chi connectivity index (χ1n) is 12.1. The molecule has 222 valence electrons. The number of alkyl halides is 3. The van der Waals surface area contributed by atoms with Gasteiger partial charge in [-0.05, 0) is 55.8 Å². The number of hydrogen-bond acceptors (Lipinski definition) is 10. The number of amides is 1. The van der Waals surface area contributed by atoms with E-state index in [0.717, 1.165) is 40.2 Å². The molecule has 0 aliphatic rings. The van der Waals surface area contributed by atoms with Gasteiger partial charge in [0.15, 0.2) is 0 Å². The van der Waals surface area contributed by atoms with Crippen LogP contribution >= 0.6 is 22.9 Å². The quantitative estimate of drug-likeness (QED) is 0.250. The van der Waals surface area contributed by atoms with Crippen molar-refractivity contribution in [1.82, 2.24) is 24.6 Å². The van der Waals surface area contributed by atoms with Gasteiger partial charge >= 0.3 is 6.18 Å². The van der Waals surface area contributed by atoms with Crippen LogP contribution in [-0.4, -0.2) is 63.1 Å². The van der Waals surface area contributed by atoms with E-state index >= 15 is 0 Å². The number of halogens is 4. The molecule has 16 heteroatoms. The Kier molecular flexibility index (Phi) is 9.46. The SMILES string of the molecule is COc1ccc(C(F)(F)F)cc1-c1cn(CC(O)N(C)C)c(=O)cc1C(=O)Nc1nnc(OCc2ccc(Cl)cn2)s1. The number of aliphatic hydroxyl groups excluding tert-OH is 1. The number of hydrogen-bond donors (Lipinski definition) is 2. The maximum Gasteiger partial charge on any atom is 0.416 e. The fourth-order valence-corrected chi connectivity index (χ4v) is 4.36. The number of pyridine rings is 2. The van der Waals surface area contributed by atoms with Gasteiger partial charge in [-0.15, -0.1) is 5.10 Å². The Labute approximate surface area is 246 Å². The van der Waals surface area contributed by atoms with E-state index < -0.39 is 29.4 Å². The Hall–Kier alpha value is -4.05. The normalized spacial score (nSPS) is 12.3. The first-order chi connectivity index (χ1) is 19.8. The second-order valence-electron chi connectivity index (χ2n) is 9.03. The molecule has 0 bridgehead atoms. The lowest BCUT2D eigenvalue weighted by Gasteiger charge is -2.21. The van der Waals surface area contributed by atoms with Crippen LogP contribution < -0.4 is 20.3 Å². The van der Waals surface area contributed by atoms with Crippen molar-refractivity contribution in [3.05, 3.63) is 81.0 Å². The number of carbonyl (C=O) groups is 1. The number of likely N-dealkylation sites (N-methyl/N-ethyl adjacent to an activating group) is 1. The zero-order valence-corrected chi connectivity index (χ0v) is 23.9. The molecule has 0 spiro atoms. The summed E-state index contributed by atoms with van der Waals surface area (Å²) in [4.78, 5) is 31.9. The zero-order valence-electron chi connectivity index (χ0n) is 22.3. The summed E-state index contributed by atoms with van der Waals surface area (Å²) in [6.45, 7) is -0.169. The number of nitrogens with one attached hydrogen (secondary N) is 1. The fraction of sp³-hybridized carbons (Fsp3) is 0.269. The minimum Gasteiger partial charge on any atom is -0.496 e. The first-order valence-corrected chi connectivity index (χ1v) is 13.3. The van der Waals surface area contributed by atoms with Gasteiger partial charge in [0.25, 0.3) is 16.7 Å². The van der Waals surface area contributed by atoms with Crippen molar-refractivity contribution in [2.75, 3.05) is 26.5 Å². The minimum atomic E-state index is -4.69. The summed E-state index contributed by atoms with van der Waals surface area (Å²) >= 11 is 6.71. The van der Waals surface area contributed by atoms with E-state index in [2.05, 4.69) is 20.5 Å². The van der Waals surface area contributed by atoms with Gasteiger partial charge in [-0.3, -0.25) is 24.8 Å². The van der Waals surface area contributed by atoms with E-state index in [1.54, 1.807) is 26.2 Å². The lowest BCUT2D eigenvalue weighted by molar-refractivity contribution is -0.137. The topological polar surface area (TPSA) is 132 Å². The molecular weight excluding hydrogens is 601 g/mol. The Morgan fingerprint density at radius 2 is 1.95 bits per heavy atom. The maximum atomic E-state index is 13.6. The van der Waals surface area contributed by atoms with E-state index in [1.165, 1.54) is 24.4 Å². The Morgan fingerprint density at radius 3 is 2.60 bits per heavy atom. The smallest absolute Gasteiger partial charge is 0.416 e. The number of ether oxygens (including phenoxy) is 2. The highest BCUT2D eigenvalue weighted by Crippen LogP contribution is 2.38. The van der Waals surface area contributed by atoms with Gasteiger partial charge in [-0.2, -0.15) is 13.2 Å². The van der Waals surface area contributed by atoms with Gasteiger partial charge in [-0.25, -0.2) is 0 Å². The van der Waals surface area contributed by atoms with Gasteiger partial charge in [-0.1, -0.05) is 16.7 Å². The molecule has 3 heterocycles. The largest absolute Gasteiger partial charge is 0.496 e. The molecule has 4 rings (SSSR count). The Morgan fingerprint density at radius 1 is 1.19 bits per heavy atom. The van der Waals surface area contributed by atoms with E-state index in [9.17, 15) is 27.9 Å². The van der Waals surface area contributed by atoms with Crippen LogP contribution in [0, 0.1) is 0 Å². The third-order valence-electron chi connectivity index (χ3n) is 5.90. The van der Waals surface area contributed by atoms with Crippen molar-refractivity contribution < 1.29 is 32.5 Å². The molecule has 0 radical (unpaired) electrons. The number of nitrogens with zero attached hydrogens (tertiary/aromatic N) is 5. The predicted octanol–water partition coefficient (Wildman–Crippen LogP) is 4.15. The van der Waals surface area contributed by atoms with Gasteiger partial charge in [0.1, 0.15) is 18.6 Å². The highest BCUT2D eigenvalue weighted by atomic mass is 35.5. The van der Waals surface area contributed by atoms with Crippen molar-refractivity contribution in [2.24, 2.45) is 0 Å². The molecule has 1 aromatic carbocycles. The van der Waals surface area contributed by atoms with E-state index in [1.807, 2.05) is 0 Å². The maximum absolute atomic E-state index is 13.6. The summed E-state index contributed by atoms with van der Waals surface area (Å²) in [5.74, 6) is -0.818. The fourth-order valence-electron chi connectivity index (χ4n) is 3.66. The lowest BCUT2D eigenvalue weighted by atomic mass is 9.98. The number of methoxy groups -OCH3 is 1. The lowest BCUT2D eigenvalue weighted by Crippen LogP contribution is -2.36. The third kappa shape index (κ3) is 7.42. The van der Waals surface area contributed by atoms with E-state index in [4.69, 9.17) is 21.1 Å². The average molecular weight is 625 g/mol. The van der Waals surface area contributed by atoms with Crippen LogP contribution in [-0.2, 0) is 19.3 Å². The van der Waals surface area contributed by atoms with E-state index in [0.29, 0.717) is 10.7 Å². The van der Waals surface area contributed by atoms with Crippen molar-refractivity contribution >= 4 is 34.0 Å². The predicted molar refractivity (Wildman–Crippen MR) is 149 cm³/mol. The molecule has 2 N–H and O–H groups in total. The summed E-state index contributed by atoms with van der Waals surface area (Å²) in [6.07, 6.45) is -3.13. The van der Waals surface area contributed by atoms with Crippen molar-refractivity contribution in [2.45, 2.75) is 25.6 Å². The molecule has 4 aromatic rings. The Balaban J connectivity index is 1.69. The number of anilines is 1. The van der Waals surface area contributed by atoms with Gasteiger partial charge in [0.05, 0.1) is 35.5 Å². The molecule has 0 aliphatic carbocycles. The summed E-state index contributed by atoms with van der Waals surface area (Å²) in [5, 5.41) is 21.1. The van der Waals surface area contributed by atoms with Crippen molar-refractivity contribution in [1.29, 1.82) is 0 Å². The van der Waals surface area contributed by atoms with Gasteiger partial charge < -0.3 is 19.1 Å². The summed E-state index contributed by atoms with van der Waals surface area (Å²) < 4.78 is 52.8. The van der Waals surface area contributed by atoms with Gasteiger partial charge in [0, 0.05) is 29.6 Å². The summed E-state index contributed by atoms with van der Waals surface area (Å²) in [6, 6.07) is 7.06. The van der Waals surface area contributed by atoms with Crippen molar-refractivity contribution in [3.63, 3.8) is 0 Å². The molecule has 0 aliphatic heterocycles. The van der Waals surface area contributed by atoms with Crippen LogP contribution in [0.25, 0.3) is 11.1 Å². The minimum absolute atomic E-state index is 0.00762. The monoisotopic (exact) mass is 624 g/mol. The molecule has 3 aromatic heterocycles. The second kappa shape index (κ2) is 12.9. The molecule has 0 saturated heterocycles. The standard InChI is InChI=1S/C26H24ClF3N6O5S/c1-35(2)22(38)12-36-11-19(17-8-14(26(28,29)30)4-7-20(17)40-3)18(9-21(36)37)23(39)32-24-33-34-25(42-24)41-13-16-6-5-15(27)10-31-16/h4-11,22,38H,12-13H2,1-3H3,(H,32,33,39). The zero-order chi connectivity index (χ0) is 30.6. The summed E-state index contributed by atoms with van der Waals surface area (Å²) in [7, 11) is 4.43. The average Bonchev–Trinajstić information content (AvgIpc) is 3.39. The molecule has 1 unspecified atom stereocenters. The molecule has 11 nitrogen and oxygen atoms in total. The van der Waals surface area contributed by atoms with Crippen LogP contribution in [0.5, 0.6) is 10.9 Å². The van der Waals surface area contributed by atoms with Crippen LogP contribution in [0.2, 0.25) is 5.02 Å². The molecule has 1 amide bonds. The van der Waals surface area contributed by atoms with Crippen LogP contribution in [0.1, 0.15) is 21.6 Å².